The van der Waals surface area contributed by atoms with Crippen LogP contribution in [-0.2, 0) is 0 Å². The highest BCUT2D eigenvalue weighted by Gasteiger charge is 2.17. The summed E-state index contributed by atoms with van der Waals surface area (Å²) in [5, 5.41) is 16.3. The Bertz CT molecular complexity index is 1190. The van der Waals surface area contributed by atoms with Gasteiger partial charge in [0.1, 0.15) is 0 Å². The number of halogens is 1. The molecule has 0 saturated heterocycles. The van der Waals surface area contributed by atoms with Crippen molar-refractivity contribution in [3.63, 3.8) is 0 Å². The van der Waals surface area contributed by atoms with Gasteiger partial charge in [0.2, 0.25) is 0 Å². The average Bonchev–Trinajstić information content (AvgIpc) is 3.04. The minimum absolute atomic E-state index is 0.0324. The van der Waals surface area contributed by atoms with E-state index >= 15 is 0 Å². The Hall–Kier alpha value is -3.03. The van der Waals surface area contributed by atoms with Crippen molar-refractivity contribution in [3.8, 4) is 0 Å². The van der Waals surface area contributed by atoms with Crippen LogP contribution in [-0.4, -0.2) is 15.8 Å². The molecule has 4 rings (SSSR count). The van der Waals surface area contributed by atoms with E-state index in [1.165, 1.54) is 23.5 Å². The van der Waals surface area contributed by atoms with Crippen LogP contribution in [0.3, 0.4) is 0 Å². The summed E-state index contributed by atoms with van der Waals surface area (Å²) >= 11 is 7.36. The molecule has 0 aliphatic heterocycles. The van der Waals surface area contributed by atoms with Crippen LogP contribution in [0.2, 0.25) is 5.02 Å². The van der Waals surface area contributed by atoms with Crippen LogP contribution in [0, 0.1) is 10.1 Å². The van der Waals surface area contributed by atoms with Gasteiger partial charge >= 0.3 is 0 Å². The molecular formula is C18H10ClN3O3S. The maximum atomic E-state index is 12.5. The number of nitrogens with one attached hydrogen (secondary N) is 1. The second-order valence-corrected chi connectivity index (χ2v) is 6.94. The van der Waals surface area contributed by atoms with Crippen molar-refractivity contribution >= 4 is 60.7 Å². The first-order chi connectivity index (χ1) is 12.5. The Morgan fingerprint density at radius 2 is 1.96 bits per heavy atom. The lowest BCUT2D eigenvalue weighted by Crippen LogP contribution is -2.12. The maximum Gasteiger partial charge on any atom is 0.270 e. The predicted octanol–water partition coefficient (Wildman–Crippen LogP) is 5.26. The van der Waals surface area contributed by atoms with Gasteiger partial charge < -0.3 is 0 Å². The Labute approximate surface area is 156 Å². The number of carbonyl (C=O) groups excluding carboxylic acids is 1. The summed E-state index contributed by atoms with van der Waals surface area (Å²) in [7, 11) is 0. The van der Waals surface area contributed by atoms with Gasteiger partial charge in [-0.3, -0.25) is 20.2 Å². The number of aromatic nitrogens is 1. The average molecular weight is 384 g/mol. The summed E-state index contributed by atoms with van der Waals surface area (Å²) < 4.78 is 0.962. The van der Waals surface area contributed by atoms with Gasteiger partial charge in [0.15, 0.2) is 5.13 Å². The molecule has 26 heavy (non-hydrogen) atoms. The summed E-state index contributed by atoms with van der Waals surface area (Å²) in [5.74, 6) is -0.540. The molecule has 1 aromatic heterocycles. The van der Waals surface area contributed by atoms with Gasteiger partial charge in [-0.2, -0.15) is 0 Å². The molecule has 1 N–H and O–H groups in total. The van der Waals surface area contributed by atoms with Crippen LogP contribution >= 0.6 is 22.9 Å². The zero-order valence-electron chi connectivity index (χ0n) is 13.1. The van der Waals surface area contributed by atoms with Crippen LogP contribution < -0.4 is 5.32 Å². The molecular weight excluding hydrogens is 374 g/mol. The Morgan fingerprint density at radius 3 is 2.77 bits per heavy atom. The highest BCUT2D eigenvalue weighted by atomic mass is 35.5. The van der Waals surface area contributed by atoms with Gasteiger partial charge in [-0.05, 0) is 17.5 Å². The number of nitrogens with zero attached hydrogens (tertiary/aromatic N) is 2. The number of carbonyl (C=O) groups is 1. The second kappa shape index (κ2) is 6.36. The van der Waals surface area contributed by atoms with Crippen LogP contribution in [0.5, 0.6) is 0 Å². The molecule has 0 atom stereocenters. The van der Waals surface area contributed by atoms with Crippen molar-refractivity contribution in [1.82, 2.24) is 4.98 Å². The standard InChI is InChI=1S/C18H10ClN3O3S/c19-14-7-6-11(22(24)25)9-13(14)17(23)21-18-20-15-8-5-10-3-1-2-4-12(10)16(15)26-18/h1-9H,(H,20,21,23). The fraction of sp³-hybridized carbons (Fsp3) is 0. The number of anilines is 1. The number of nitro groups is 1. The first-order valence-corrected chi connectivity index (χ1v) is 8.76. The second-order valence-electron chi connectivity index (χ2n) is 5.53. The van der Waals surface area contributed by atoms with Crippen LogP contribution in [0.15, 0.2) is 54.6 Å². The van der Waals surface area contributed by atoms with E-state index in [1.54, 1.807) is 0 Å². The van der Waals surface area contributed by atoms with E-state index in [9.17, 15) is 14.9 Å². The molecule has 128 valence electrons. The SMILES string of the molecule is O=C(Nc1nc2ccc3ccccc3c2s1)c1cc([N+](=O)[O-])ccc1Cl. The molecule has 1 heterocycles. The number of thiazole rings is 1. The quantitative estimate of drug-likeness (QED) is 0.386. The van der Waals surface area contributed by atoms with Gasteiger partial charge in [-0.1, -0.05) is 53.3 Å². The summed E-state index contributed by atoms with van der Waals surface area (Å²) in [6, 6.07) is 15.5. The number of fused-ring (bicyclic) bond motifs is 3. The van der Waals surface area contributed by atoms with E-state index in [1.807, 2.05) is 36.4 Å². The van der Waals surface area contributed by atoms with Crippen LogP contribution in [0.1, 0.15) is 10.4 Å². The maximum absolute atomic E-state index is 12.5. The van der Waals surface area contributed by atoms with Gasteiger partial charge in [0, 0.05) is 17.5 Å². The third-order valence-corrected chi connectivity index (χ3v) is 5.25. The molecule has 0 fully saturated rings. The number of hydrogen-bond acceptors (Lipinski definition) is 5. The van der Waals surface area contributed by atoms with E-state index in [-0.39, 0.29) is 16.3 Å². The highest BCUT2D eigenvalue weighted by molar-refractivity contribution is 7.23. The van der Waals surface area contributed by atoms with Crippen molar-refractivity contribution in [1.29, 1.82) is 0 Å². The smallest absolute Gasteiger partial charge is 0.270 e. The predicted molar refractivity (Wildman–Crippen MR) is 103 cm³/mol. The van der Waals surface area contributed by atoms with Crippen molar-refractivity contribution < 1.29 is 9.72 Å². The zero-order valence-corrected chi connectivity index (χ0v) is 14.7. The highest BCUT2D eigenvalue weighted by Crippen LogP contribution is 2.33. The molecule has 0 bridgehead atoms. The normalized spacial score (nSPS) is 11.0. The Balaban J connectivity index is 1.71. The Kier molecular flexibility index (Phi) is 4.02. The topological polar surface area (TPSA) is 85.1 Å². The van der Waals surface area contributed by atoms with E-state index in [4.69, 9.17) is 11.6 Å². The molecule has 0 spiro atoms. The molecule has 0 saturated carbocycles. The lowest BCUT2D eigenvalue weighted by Gasteiger charge is -2.03. The fourth-order valence-electron chi connectivity index (χ4n) is 2.67. The third-order valence-electron chi connectivity index (χ3n) is 3.91. The number of benzene rings is 3. The van der Waals surface area contributed by atoms with Gasteiger partial charge in [-0.15, -0.1) is 0 Å². The largest absolute Gasteiger partial charge is 0.298 e. The van der Waals surface area contributed by atoms with Crippen molar-refractivity contribution in [2.45, 2.75) is 0 Å². The molecule has 3 aromatic carbocycles. The molecule has 0 aliphatic carbocycles. The van der Waals surface area contributed by atoms with E-state index in [2.05, 4.69) is 10.3 Å². The van der Waals surface area contributed by atoms with Crippen LogP contribution in [0.4, 0.5) is 10.8 Å². The van der Waals surface area contributed by atoms with E-state index < -0.39 is 10.8 Å². The van der Waals surface area contributed by atoms with Gasteiger partial charge in [0.25, 0.3) is 11.6 Å². The van der Waals surface area contributed by atoms with E-state index in [0.717, 1.165) is 27.1 Å². The summed E-state index contributed by atoms with van der Waals surface area (Å²) in [5.41, 5.74) is 0.606. The lowest BCUT2D eigenvalue weighted by molar-refractivity contribution is -0.384. The number of non-ortho nitro benzene ring substituents is 1. The fourth-order valence-corrected chi connectivity index (χ4v) is 3.87. The first-order valence-electron chi connectivity index (χ1n) is 7.56. The molecule has 8 heteroatoms. The summed E-state index contributed by atoms with van der Waals surface area (Å²) in [4.78, 5) is 27.3. The molecule has 0 aliphatic rings. The zero-order chi connectivity index (χ0) is 18.3. The molecule has 0 radical (unpaired) electrons. The number of hydrogen-bond donors (Lipinski definition) is 1. The van der Waals surface area contributed by atoms with Crippen molar-refractivity contribution in [2.75, 3.05) is 5.32 Å². The molecule has 6 nitrogen and oxygen atoms in total. The lowest BCUT2D eigenvalue weighted by atomic mass is 10.1. The third kappa shape index (κ3) is 2.87. The summed E-state index contributed by atoms with van der Waals surface area (Å²) in [6.45, 7) is 0. The number of rotatable bonds is 3. The first kappa shape index (κ1) is 16.4. The number of amides is 1. The molecule has 4 aromatic rings. The van der Waals surface area contributed by atoms with Crippen LogP contribution in [0.25, 0.3) is 21.0 Å². The molecule has 0 unspecified atom stereocenters. The van der Waals surface area contributed by atoms with Crippen molar-refractivity contribution in [2.24, 2.45) is 0 Å². The summed E-state index contributed by atoms with van der Waals surface area (Å²) in [6.07, 6.45) is 0. The molecule has 1 amide bonds. The number of nitro benzene ring substituents is 1. The minimum atomic E-state index is -0.572. The van der Waals surface area contributed by atoms with Gasteiger partial charge in [-0.25, -0.2) is 4.98 Å². The van der Waals surface area contributed by atoms with Crippen molar-refractivity contribution in [3.05, 3.63) is 75.3 Å². The van der Waals surface area contributed by atoms with E-state index in [0.29, 0.717) is 5.13 Å². The minimum Gasteiger partial charge on any atom is -0.298 e. The van der Waals surface area contributed by atoms with Gasteiger partial charge in [0.05, 0.1) is 25.7 Å². The monoisotopic (exact) mass is 383 g/mol. The Morgan fingerprint density at radius 1 is 1.15 bits per heavy atom.